The molecule has 0 spiro atoms. The molecule has 3 aromatic rings. The van der Waals surface area contributed by atoms with E-state index in [4.69, 9.17) is 21.1 Å². The molecule has 3 rings (SSSR count). The average molecular weight is 432 g/mol. The highest BCUT2D eigenvalue weighted by Gasteiger charge is 2.19. The first-order valence-corrected chi connectivity index (χ1v) is 10.5. The Morgan fingerprint density at radius 1 is 1.10 bits per heavy atom. The molecule has 152 valence electrons. The molecular weight excluding hydrogens is 410 g/mol. The lowest BCUT2D eigenvalue weighted by molar-refractivity contribution is 0.102. The molecule has 6 nitrogen and oxygen atoms in total. The van der Waals surface area contributed by atoms with Crippen molar-refractivity contribution < 1.29 is 14.3 Å². The molecule has 1 unspecified atom stereocenters. The highest BCUT2D eigenvalue weighted by atomic mass is 35.5. The topological polar surface area (TPSA) is 66.2 Å². The molecule has 1 heterocycles. The van der Waals surface area contributed by atoms with Gasteiger partial charge in [-0.05, 0) is 62.4 Å². The number of carbonyl (C=O) groups is 1. The highest BCUT2D eigenvalue weighted by molar-refractivity contribution is 7.99. The Kier molecular flexibility index (Phi) is 7.17. The Morgan fingerprint density at radius 2 is 1.76 bits per heavy atom. The summed E-state index contributed by atoms with van der Waals surface area (Å²) in [4.78, 5) is 12.4. The summed E-state index contributed by atoms with van der Waals surface area (Å²) in [6, 6.07) is 14.3. The van der Waals surface area contributed by atoms with Crippen LogP contribution < -0.4 is 9.47 Å². The Morgan fingerprint density at radius 3 is 2.38 bits per heavy atom. The van der Waals surface area contributed by atoms with Gasteiger partial charge < -0.3 is 14.0 Å². The number of benzene rings is 2. The van der Waals surface area contributed by atoms with E-state index in [-0.39, 0.29) is 17.6 Å². The number of hydrogen-bond donors (Lipinski definition) is 0. The van der Waals surface area contributed by atoms with Gasteiger partial charge in [-0.2, -0.15) is 0 Å². The van der Waals surface area contributed by atoms with Crippen molar-refractivity contribution in [3.8, 4) is 11.5 Å². The molecule has 0 saturated carbocycles. The smallest absolute Gasteiger partial charge is 0.191 e. The summed E-state index contributed by atoms with van der Waals surface area (Å²) >= 11 is 7.24. The molecule has 29 heavy (non-hydrogen) atoms. The summed E-state index contributed by atoms with van der Waals surface area (Å²) in [5.74, 6) is 2.49. The van der Waals surface area contributed by atoms with Crippen LogP contribution in [0.25, 0.3) is 0 Å². The van der Waals surface area contributed by atoms with Crippen LogP contribution in [0.15, 0.2) is 53.7 Å². The van der Waals surface area contributed by atoms with E-state index in [1.165, 1.54) is 11.8 Å². The van der Waals surface area contributed by atoms with Crippen LogP contribution in [0.3, 0.4) is 0 Å². The molecule has 0 aliphatic rings. The molecule has 8 heteroatoms. The zero-order valence-electron chi connectivity index (χ0n) is 16.5. The molecule has 0 aliphatic carbocycles. The second-order valence-electron chi connectivity index (χ2n) is 6.24. The number of ether oxygens (including phenoxy) is 2. The predicted molar refractivity (Wildman–Crippen MR) is 114 cm³/mol. The van der Waals surface area contributed by atoms with Crippen molar-refractivity contribution in [3.05, 3.63) is 64.9 Å². The van der Waals surface area contributed by atoms with Crippen LogP contribution in [0.2, 0.25) is 5.02 Å². The van der Waals surface area contributed by atoms with Crippen LogP contribution in [0, 0.1) is 0 Å². The maximum atomic E-state index is 12.4. The van der Waals surface area contributed by atoms with E-state index in [9.17, 15) is 4.79 Å². The SMILES string of the molecule is CCn1c(SCC(=O)c2ccc(Cl)cc2)nnc1C(C)Oc1ccc(OC)cc1. The summed E-state index contributed by atoms with van der Waals surface area (Å²) in [5, 5.41) is 9.85. The molecule has 2 aromatic carbocycles. The lowest BCUT2D eigenvalue weighted by Gasteiger charge is -2.15. The molecular formula is C21H22ClN3O3S. The minimum Gasteiger partial charge on any atom is -0.497 e. The third-order valence-corrected chi connectivity index (χ3v) is 5.51. The standard InChI is InChI=1S/C21H22ClN3O3S/c1-4-25-20(14(2)28-18-11-9-17(27-3)10-12-18)23-24-21(25)29-13-19(26)15-5-7-16(22)8-6-15/h5-12,14H,4,13H2,1-3H3. The molecule has 0 amide bonds. The van der Waals surface area contributed by atoms with Crippen LogP contribution in [-0.2, 0) is 6.54 Å². The van der Waals surface area contributed by atoms with Gasteiger partial charge in [0.15, 0.2) is 22.9 Å². The van der Waals surface area contributed by atoms with Gasteiger partial charge in [0.05, 0.1) is 12.9 Å². The molecule has 0 aliphatic heterocycles. The second kappa shape index (κ2) is 9.80. The Bertz CT molecular complexity index is 958. The van der Waals surface area contributed by atoms with Crippen LogP contribution in [0.1, 0.15) is 36.1 Å². The largest absolute Gasteiger partial charge is 0.497 e. The van der Waals surface area contributed by atoms with Crippen molar-refractivity contribution in [2.45, 2.75) is 31.7 Å². The van der Waals surface area contributed by atoms with Gasteiger partial charge in [-0.25, -0.2) is 0 Å². The van der Waals surface area contributed by atoms with E-state index in [1.807, 2.05) is 42.7 Å². The fraction of sp³-hybridized carbons (Fsp3) is 0.286. The second-order valence-corrected chi connectivity index (χ2v) is 7.62. The van der Waals surface area contributed by atoms with Crippen molar-refractivity contribution in [3.63, 3.8) is 0 Å². The first-order valence-electron chi connectivity index (χ1n) is 9.17. The van der Waals surface area contributed by atoms with Crippen LogP contribution in [0.5, 0.6) is 11.5 Å². The molecule has 1 aromatic heterocycles. The van der Waals surface area contributed by atoms with E-state index >= 15 is 0 Å². The maximum absolute atomic E-state index is 12.4. The molecule has 0 bridgehead atoms. The van der Waals surface area contributed by atoms with Crippen LogP contribution in [-0.4, -0.2) is 33.4 Å². The summed E-state index contributed by atoms with van der Waals surface area (Å²) in [6.07, 6.45) is -0.294. The molecule has 1 atom stereocenters. The lowest BCUT2D eigenvalue weighted by atomic mass is 10.1. The van der Waals surface area contributed by atoms with Crippen LogP contribution >= 0.6 is 23.4 Å². The van der Waals surface area contributed by atoms with Crippen molar-refractivity contribution >= 4 is 29.1 Å². The van der Waals surface area contributed by atoms with Crippen molar-refractivity contribution in [2.24, 2.45) is 0 Å². The van der Waals surface area contributed by atoms with E-state index in [0.717, 1.165) is 11.5 Å². The Labute approximate surface area is 179 Å². The van der Waals surface area contributed by atoms with Gasteiger partial charge in [-0.1, -0.05) is 23.4 Å². The Hall–Kier alpha value is -2.51. The molecule has 0 fully saturated rings. The van der Waals surface area contributed by atoms with E-state index in [1.54, 1.807) is 31.4 Å². The van der Waals surface area contributed by atoms with Gasteiger partial charge in [0.1, 0.15) is 11.5 Å². The van der Waals surface area contributed by atoms with Crippen molar-refractivity contribution in [1.29, 1.82) is 0 Å². The summed E-state index contributed by atoms with van der Waals surface area (Å²) in [6.45, 7) is 4.61. The third-order valence-electron chi connectivity index (χ3n) is 4.30. The number of halogens is 1. The number of aromatic nitrogens is 3. The number of methoxy groups -OCH3 is 1. The van der Waals surface area contributed by atoms with Gasteiger partial charge in [0, 0.05) is 17.1 Å². The minimum absolute atomic E-state index is 0.0152. The fourth-order valence-corrected chi connectivity index (χ4v) is 3.79. The first kappa shape index (κ1) is 21.2. The minimum atomic E-state index is -0.294. The number of Topliss-reactive ketones (excluding diaryl/α,β-unsaturated/α-hetero) is 1. The lowest BCUT2D eigenvalue weighted by Crippen LogP contribution is -2.12. The fourth-order valence-electron chi connectivity index (χ4n) is 2.77. The van der Waals surface area contributed by atoms with Crippen LogP contribution in [0.4, 0.5) is 0 Å². The highest BCUT2D eigenvalue weighted by Crippen LogP contribution is 2.26. The monoisotopic (exact) mass is 431 g/mol. The normalized spacial score (nSPS) is 11.9. The average Bonchev–Trinajstić information content (AvgIpc) is 3.16. The number of nitrogens with zero attached hydrogens (tertiary/aromatic N) is 3. The molecule has 0 saturated heterocycles. The van der Waals surface area contributed by atoms with Gasteiger partial charge in [-0.15, -0.1) is 10.2 Å². The number of hydrogen-bond acceptors (Lipinski definition) is 6. The zero-order chi connectivity index (χ0) is 20.8. The van der Waals surface area contributed by atoms with Gasteiger partial charge in [0.25, 0.3) is 0 Å². The van der Waals surface area contributed by atoms with Gasteiger partial charge in [-0.3, -0.25) is 4.79 Å². The van der Waals surface area contributed by atoms with Crippen molar-refractivity contribution in [1.82, 2.24) is 14.8 Å². The summed E-state index contributed by atoms with van der Waals surface area (Å²) in [5.41, 5.74) is 0.626. The van der Waals surface area contributed by atoms with Crippen molar-refractivity contribution in [2.75, 3.05) is 12.9 Å². The quantitative estimate of drug-likeness (QED) is 0.348. The van der Waals surface area contributed by atoms with Gasteiger partial charge >= 0.3 is 0 Å². The summed E-state index contributed by atoms with van der Waals surface area (Å²) < 4.78 is 13.1. The third kappa shape index (κ3) is 5.31. The number of thioether (sulfide) groups is 1. The Balaban J connectivity index is 1.67. The first-order chi connectivity index (χ1) is 14.0. The van der Waals surface area contributed by atoms with Gasteiger partial charge in [0.2, 0.25) is 0 Å². The number of carbonyl (C=O) groups excluding carboxylic acids is 1. The maximum Gasteiger partial charge on any atom is 0.191 e. The molecule has 0 radical (unpaired) electrons. The summed E-state index contributed by atoms with van der Waals surface area (Å²) in [7, 11) is 1.62. The number of ketones is 1. The van der Waals surface area contributed by atoms with E-state index < -0.39 is 0 Å². The predicted octanol–water partition coefficient (Wildman–Crippen LogP) is 5.08. The van der Waals surface area contributed by atoms with E-state index in [0.29, 0.717) is 28.1 Å². The number of rotatable bonds is 9. The zero-order valence-corrected chi connectivity index (χ0v) is 18.0. The van der Waals surface area contributed by atoms with E-state index in [2.05, 4.69) is 10.2 Å². The molecule has 0 N–H and O–H groups in total.